The lowest BCUT2D eigenvalue weighted by Gasteiger charge is -2.08. The minimum absolute atomic E-state index is 0.00375. The predicted molar refractivity (Wildman–Crippen MR) is 81.4 cm³/mol. The summed E-state index contributed by atoms with van der Waals surface area (Å²) in [5.74, 6) is 0.00375. The molecule has 2 nitrogen and oxygen atoms in total. The van der Waals surface area contributed by atoms with Gasteiger partial charge in [0.2, 0.25) is 0 Å². The van der Waals surface area contributed by atoms with Crippen molar-refractivity contribution < 1.29 is 4.79 Å². The van der Waals surface area contributed by atoms with Crippen molar-refractivity contribution in [2.75, 3.05) is 5.73 Å². The highest BCUT2D eigenvalue weighted by atomic mass is 35.5. The number of hydrogen-bond acceptors (Lipinski definition) is 3. The fraction of sp³-hybridized carbons (Fsp3) is 0.0714. The average Bonchev–Trinajstić information content (AvgIpc) is 2.34. The van der Waals surface area contributed by atoms with E-state index in [1.807, 2.05) is 6.07 Å². The number of benzene rings is 2. The smallest absolute Gasteiger partial charge is 0.159 e. The molecule has 0 spiro atoms. The van der Waals surface area contributed by atoms with Gasteiger partial charge in [0, 0.05) is 26.1 Å². The zero-order valence-corrected chi connectivity index (χ0v) is 12.4. The van der Waals surface area contributed by atoms with Crippen LogP contribution >= 0.6 is 35.0 Å². The van der Waals surface area contributed by atoms with Crippen molar-refractivity contribution in [3.05, 3.63) is 52.0 Å². The second-order valence-corrected chi connectivity index (χ2v) is 5.91. The van der Waals surface area contributed by atoms with E-state index in [-0.39, 0.29) is 5.78 Å². The summed E-state index contributed by atoms with van der Waals surface area (Å²) < 4.78 is 0. The molecule has 0 saturated carbocycles. The first-order valence-electron chi connectivity index (χ1n) is 5.51. The zero-order chi connectivity index (χ0) is 14.0. The van der Waals surface area contributed by atoms with Gasteiger partial charge in [-0.2, -0.15) is 0 Å². The standard InChI is InChI=1S/C14H11Cl2NOS/c1-8(18)9-2-4-12(17)14(6-9)19-13-5-3-10(15)7-11(13)16/h2-7H,17H2,1H3. The van der Waals surface area contributed by atoms with Crippen LogP contribution in [0, 0.1) is 0 Å². The molecule has 0 fully saturated rings. The van der Waals surface area contributed by atoms with Crippen molar-refractivity contribution in [3.8, 4) is 0 Å². The van der Waals surface area contributed by atoms with Crippen LogP contribution in [0.5, 0.6) is 0 Å². The topological polar surface area (TPSA) is 43.1 Å². The molecule has 0 bridgehead atoms. The lowest BCUT2D eigenvalue weighted by Crippen LogP contribution is -1.95. The molecule has 0 heterocycles. The Bertz CT molecular complexity index is 643. The Morgan fingerprint density at radius 1 is 1.11 bits per heavy atom. The van der Waals surface area contributed by atoms with E-state index in [2.05, 4.69) is 0 Å². The molecular formula is C14H11Cl2NOS. The highest BCUT2D eigenvalue weighted by Crippen LogP contribution is 2.37. The molecule has 0 aliphatic heterocycles. The Labute approximate surface area is 125 Å². The van der Waals surface area contributed by atoms with Gasteiger partial charge in [0.1, 0.15) is 0 Å². The first-order chi connectivity index (χ1) is 8.97. The van der Waals surface area contributed by atoms with E-state index in [0.29, 0.717) is 21.3 Å². The molecule has 2 aromatic rings. The summed E-state index contributed by atoms with van der Waals surface area (Å²) in [6, 6.07) is 10.5. The van der Waals surface area contributed by atoms with E-state index in [9.17, 15) is 4.79 Å². The minimum atomic E-state index is 0.00375. The summed E-state index contributed by atoms with van der Waals surface area (Å²) in [6.07, 6.45) is 0. The number of ketones is 1. The Hall–Kier alpha value is -1.16. The Morgan fingerprint density at radius 2 is 1.84 bits per heavy atom. The van der Waals surface area contributed by atoms with Gasteiger partial charge in [0.25, 0.3) is 0 Å². The molecule has 0 atom stereocenters. The van der Waals surface area contributed by atoms with Crippen molar-refractivity contribution >= 4 is 46.4 Å². The van der Waals surface area contributed by atoms with E-state index in [1.54, 1.807) is 30.3 Å². The van der Waals surface area contributed by atoms with Gasteiger partial charge in [-0.1, -0.05) is 35.0 Å². The second kappa shape index (κ2) is 5.87. The van der Waals surface area contributed by atoms with E-state index in [0.717, 1.165) is 9.79 Å². The van der Waals surface area contributed by atoms with Crippen LogP contribution in [0.2, 0.25) is 10.0 Å². The first kappa shape index (κ1) is 14.3. The normalized spacial score (nSPS) is 10.5. The van der Waals surface area contributed by atoms with Crippen molar-refractivity contribution in [3.63, 3.8) is 0 Å². The maximum atomic E-state index is 11.4. The SMILES string of the molecule is CC(=O)c1ccc(N)c(Sc2ccc(Cl)cc2Cl)c1. The lowest BCUT2D eigenvalue weighted by atomic mass is 10.1. The van der Waals surface area contributed by atoms with Crippen LogP contribution in [0.4, 0.5) is 5.69 Å². The molecule has 0 aliphatic rings. The zero-order valence-electron chi connectivity index (χ0n) is 10.1. The summed E-state index contributed by atoms with van der Waals surface area (Å²) in [5, 5.41) is 1.14. The largest absolute Gasteiger partial charge is 0.398 e. The molecule has 98 valence electrons. The third-order valence-corrected chi connectivity index (χ3v) is 4.34. The monoisotopic (exact) mass is 311 g/mol. The van der Waals surface area contributed by atoms with Gasteiger partial charge in [0.05, 0.1) is 5.02 Å². The van der Waals surface area contributed by atoms with Crippen molar-refractivity contribution in [2.24, 2.45) is 0 Å². The molecule has 0 aromatic heterocycles. The van der Waals surface area contributed by atoms with Crippen LogP contribution < -0.4 is 5.73 Å². The fourth-order valence-corrected chi connectivity index (χ4v) is 2.94. The van der Waals surface area contributed by atoms with Crippen LogP contribution in [-0.2, 0) is 0 Å². The Kier molecular flexibility index (Phi) is 4.40. The molecule has 19 heavy (non-hydrogen) atoms. The maximum Gasteiger partial charge on any atom is 0.159 e. The lowest BCUT2D eigenvalue weighted by molar-refractivity contribution is 0.101. The second-order valence-electron chi connectivity index (χ2n) is 3.99. The quantitative estimate of drug-likeness (QED) is 0.645. The van der Waals surface area contributed by atoms with Crippen molar-refractivity contribution in [1.82, 2.24) is 0 Å². The number of carbonyl (C=O) groups excluding carboxylic acids is 1. The van der Waals surface area contributed by atoms with Gasteiger partial charge >= 0.3 is 0 Å². The molecule has 0 amide bonds. The molecule has 2 rings (SSSR count). The molecule has 5 heteroatoms. The molecule has 0 radical (unpaired) electrons. The number of nitrogens with two attached hydrogens (primary N) is 1. The van der Waals surface area contributed by atoms with E-state index >= 15 is 0 Å². The Morgan fingerprint density at radius 3 is 2.47 bits per heavy atom. The van der Waals surface area contributed by atoms with Crippen molar-refractivity contribution in [2.45, 2.75) is 16.7 Å². The highest BCUT2D eigenvalue weighted by Gasteiger charge is 2.09. The van der Waals surface area contributed by atoms with Gasteiger partial charge in [-0.15, -0.1) is 0 Å². The highest BCUT2D eigenvalue weighted by molar-refractivity contribution is 7.99. The first-order valence-corrected chi connectivity index (χ1v) is 7.08. The molecule has 2 aromatic carbocycles. The number of halogens is 2. The fourth-order valence-electron chi connectivity index (χ4n) is 1.52. The van der Waals surface area contributed by atoms with E-state index in [1.165, 1.54) is 18.7 Å². The van der Waals surface area contributed by atoms with Crippen molar-refractivity contribution in [1.29, 1.82) is 0 Å². The molecule has 0 unspecified atom stereocenters. The summed E-state index contributed by atoms with van der Waals surface area (Å²) in [7, 11) is 0. The number of carbonyl (C=O) groups is 1. The van der Waals surface area contributed by atoms with Crippen LogP contribution in [0.15, 0.2) is 46.2 Å². The van der Waals surface area contributed by atoms with E-state index < -0.39 is 0 Å². The van der Waals surface area contributed by atoms with Gasteiger partial charge in [-0.25, -0.2) is 0 Å². The van der Waals surface area contributed by atoms with Gasteiger partial charge in [-0.05, 0) is 43.3 Å². The average molecular weight is 312 g/mol. The minimum Gasteiger partial charge on any atom is -0.398 e. The predicted octanol–water partition coefficient (Wildman–Crippen LogP) is 4.93. The molecular weight excluding hydrogens is 301 g/mol. The summed E-state index contributed by atoms with van der Waals surface area (Å²) in [4.78, 5) is 13.0. The van der Waals surface area contributed by atoms with Gasteiger partial charge in [0.15, 0.2) is 5.78 Å². The molecule has 0 aliphatic carbocycles. The maximum absolute atomic E-state index is 11.4. The number of rotatable bonds is 3. The van der Waals surface area contributed by atoms with Crippen LogP contribution in [0.3, 0.4) is 0 Å². The summed E-state index contributed by atoms with van der Waals surface area (Å²) >= 11 is 13.4. The molecule has 2 N–H and O–H groups in total. The third kappa shape index (κ3) is 3.44. The Balaban J connectivity index is 2.37. The number of Topliss-reactive ketones (excluding diaryl/α,β-unsaturated/α-hetero) is 1. The van der Waals surface area contributed by atoms with Crippen LogP contribution in [-0.4, -0.2) is 5.78 Å². The summed E-state index contributed by atoms with van der Waals surface area (Å²) in [6.45, 7) is 1.52. The number of nitrogen functional groups attached to an aromatic ring is 1. The van der Waals surface area contributed by atoms with Gasteiger partial charge < -0.3 is 5.73 Å². The van der Waals surface area contributed by atoms with Crippen LogP contribution in [0.25, 0.3) is 0 Å². The molecule has 0 saturated heterocycles. The van der Waals surface area contributed by atoms with E-state index in [4.69, 9.17) is 28.9 Å². The third-order valence-electron chi connectivity index (χ3n) is 2.53. The number of hydrogen-bond donors (Lipinski definition) is 1. The number of anilines is 1. The van der Waals surface area contributed by atoms with Crippen LogP contribution in [0.1, 0.15) is 17.3 Å². The summed E-state index contributed by atoms with van der Waals surface area (Å²) in [5.41, 5.74) is 7.15. The van der Waals surface area contributed by atoms with Gasteiger partial charge in [-0.3, -0.25) is 4.79 Å².